The molecule has 0 atom stereocenters. The van der Waals surface area contributed by atoms with Gasteiger partial charge in [0.25, 0.3) is 0 Å². The third-order valence-electron chi connectivity index (χ3n) is 5.41. The summed E-state index contributed by atoms with van der Waals surface area (Å²) in [6.45, 7) is 4.50. The van der Waals surface area contributed by atoms with E-state index in [1.165, 1.54) is 128 Å². The van der Waals surface area contributed by atoms with Crippen LogP contribution in [-0.4, -0.2) is 0 Å². The van der Waals surface area contributed by atoms with E-state index in [0.29, 0.717) is 0 Å². The van der Waals surface area contributed by atoms with Gasteiger partial charge in [-0.15, -0.1) is 11.8 Å². The molecule has 154 valence electrons. The Morgan fingerprint density at radius 2 is 0.615 bits per heavy atom. The molecular weight excluding hydrogens is 312 g/mol. The second kappa shape index (κ2) is 24.6. The monoisotopic (exact) mass is 362 g/mol. The molecule has 0 unspecified atom stereocenters. The molecule has 0 aromatic heterocycles. The molecule has 0 fully saturated rings. The number of hydrogen-bond donors (Lipinski definition) is 0. The summed E-state index contributed by atoms with van der Waals surface area (Å²) in [4.78, 5) is 0. The summed E-state index contributed by atoms with van der Waals surface area (Å²) in [7, 11) is 0. The van der Waals surface area contributed by atoms with Crippen molar-refractivity contribution < 1.29 is 0 Å². The molecule has 0 rings (SSSR count). The van der Waals surface area contributed by atoms with E-state index in [1.807, 2.05) is 0 Å². The molecule has 0 bridgehead atoms. The van der Waals surface area contributed by atoms with Crippen LogP contribution in [0.25, 0.3) is 0 Å². The Balaban J connectivity index is 3.00. The molecule has 0 spiro atoms. The Bertz CT molecular complexity index is 293. The van der Waals surface area contributed by atoms with Gasteiger partial charge in [0.05, 0.1) is 0 Å². The topological polar surface area (TPSA) is 0 Å². The van der Waals surface area contributed by atoms with Crippen LogP contribution < -0.4 is 0 Å². The average molecular weight is 363 g/mol. The first-order chi connectivity index (χ1) is 12.9. The van der Waals surface area contributed by atoms with E-state index in [-0.39, 0.29) is 0 Å². The largest absolute Gasteiger partial charge is 0.103 e. The van der Waals surface area contributed by atoms with Crippen molar-refractivity contribution >= 4 is 0 Å². The van der Waals surface area contributed by atoms with Gasteiger partial charge in [-0.2, -0.15) is 0 Å². The molecule has 26 heavy (non-hydrogen) atoms. The third-order valence-corrected chi connectivity index (χ3v) is 5.41. The lowest BCUT2D eigenvalue weighted by Crippen LogP contribution is -1.84. The van der Waals surface area contributed by atoms with E-state index in [4.69, 9.17) is 0 Å². The first-order valence-electron chi connectivity index (χ1n) is 12.4. The van der Waals surface area contributed by atoms with Gasteiger partial charge in [0.1, 0.15) is 0 Å². The summed E-state index contributed by atoms with van der Waals surface area (Å²) in [5.74, 6) is 6.54. The van der Waals surface area contributed by atoms with Crippen LogP contribution in [0.5, 0.6) is 0 Å². The Morgan fingerprint density at radius 3 is 0.962 bits per heavy atom. The van der Waals surface area contributed by atoms with Crippen molar-refractivity contribution in [3.8, 4) is 11.8 Å². The Kier molecular flexibility index (Phi) is 24.1. The predicted octanol–water partition coefficient (Wildman–Crippen LogP) is 9.61. The zero-order valence-electron chi connectivity index (χ0n) is 18.6. The van der Waals surface area contributed by atoms with Crippen LogP contribution >= 0.6 is 0 Å². The molecule has 0 aromatic rings. The summed E-state index contributed by atoms with van der Waals surface area (Å²) in [5, 5.41) is 0. The fraction of sp³-hybridized carbons (Fsp3) is 0.923. The van der Waals surface area contributed by atoms with Crippen LogP contribution in [0.1, 0.15) is 155 Å². The van der Waals surface area contributed by atoms with Gasteiger partial charge >= 0.3 is 0 Å². The van der Waals surface area contributed by atoms with Crippen molar-refractivity contribution in [1.29, 1.82) is 0 Å². The maximum absolute atomic E-state index is 3.29. The molecule has 0 aliphatic heterocycles. The summed E-state index contributed by atoms with van der Waals surface area (Å²) >= 11 is 0. The standard InChI is InChI=1S/C26H50/c1-3-5-7-9-11-13-15-17-19-21-23-25-26-24-22-20-18-16-14-12-10-8-6-4-2/h3-7,9,11-26H2,1-2H3. The van der Waals surface area contributed by atoms with Gasteiger partial charge in [0, 0.05) is 12.8 Å². The lowest BCUT2D eigenvalue weighted by atomic mass is 10.0. The highest BCUT2D eigenvalue weighted by Gasteiger charge is 1.95. The molecule has 0 saturated heterocycles. The van der Waals surface area contributed by atoms with Crippen LogP contribution in [0.2, 0.25) is 0 Å². The molecule has 0 saturated carbocycles. The average Bonchev–Trinajstić information content (AvgIpc) is 2.66. The van der Waals surface area contributed by atoms with Gasteiger partial charge in [-0.3, -0.25) is 0 Å². The minimum Gasteiger partial charge on any atom is -0.103 e. The highest BCUT2D eigenvalue weighted by molar-refractivity contribution is 4.98. The van der Waals surface area contributed by atoms with Gasteiger partial charge in [-0.1, -0.05) is 129 Å². The van der Waals surface area contributed by atoms with E-state index in [2.05, 4.69) is 25.7 Å². The summed E-state index contributed by atoms with van der Waals surface area (Å²) in [6.07, 6.45) is 31.0. The van der Waals surface area contributed by atoms with E-state index in [0.717, 1.165) is 12.8 Å². The Morgan fingerprint density at radius 1 is 0.308 bits per heavy atom. The Labute approximate surface area is 167 Å². The van der Waals surface area contributed by atoms with Crippen molar-refractivity contribution in [3.05, 3.63) is 0 Å². The van der Waals surface area contributed by atoms with E-state index >= 15 is 0 Å². The fourth-order valence-electron chi connectivity index (χ4n) is 3.59. The lowest BCUT2D eigenvalue weighted by Gasteiger charge is -2.03. The van der Waals surface area contributed by atoms with E-state index < -0.39 is 0 Å². The van der Waals surface area contributed by atoms with Crippen LogP contribution in [0.3, 0.4) is 0 Å². The Hall–Kier alpha value is -0.440. The van der Waals surface area contributed by atoms with Gasteiger partial charge in [-0.05, 0) is 12.8 Å². The second-order valence-electron chi connectivity index (χ2n) is 8.22. The maximum atomic E-state index is 3.29. The van der Waals surface area contributed by atoms with Crippen LogP contribution in [0.15, 0.2) is 0 Å². The fourth-order valence-corrected chi connectivity index (χ4v) is 3.59. The molecule has 0 N–H and O–H groups in total. The van der Waals surface area contributed by atoms with Crippen LogP contribution in [0, 0.1) is 11.8 Å². The van der Waals surface area contributed by atoms with Crippen LogP contribution in [0.4, 0.5) is 0 Å². The summed E-state index contributed by atoms with van der Waals surface area (Å²) in [5.41, 5.74) is 0. The molecular formula is C26H50. The van der Waals surface area contributed by atoms with Gasteiger partial charge in [-0.25, -0.2) is 0 Å². The van der Waals surface area contributed by atoms with E-state index in [1.54, 1.807) is 0 Å². The lowest BCUT2D eigenvalue weighted by molar-refractivity contribution is 0.524. The molecule has 0 aromatic carbocycles. The SMILES string of the molecule is CCCC#CCCCCCCCCCCCCCCCCCCCCC. The highest BCUT2D eigenvalue weighted by Crippen LogP contribution is 2.14. The molecule has 0 aliphatic rings. The zero-order valence-corrected chi connectivity index (χ0v) is 18.6. The first-order valence-corrected chi connectivity index (χ1v) is 12.4. The molecule has 0 nitrogen and oxygen atoms in total. The predicted molar refractivity (Wildman–Crippen MR) is 121 cm³/mol. The smallest absolute Gasteiger partial charge is 0.00886 e. The normalized spacial score (nSPS) is 10.7. The quantitative estimate of drug-likeness (QED) is 0.149. The van der Waals surface area contributed by atoms with Crippen molar-refractivity contribution in [1.82, 2.24) is 0 Å². The van der Waals surface area contributed by atoms with Crippen LogP contribution in [-0.2, 0) is 0 Å². The van der Waals surface area contributed by atoms with E-state index in [9.17, 15) is 0 Å². The third kappa shape index (κ3) is 23.6. The van der Waals surface area contributed by atoms with Gasteiger partial charge in [0.15, 0.2) is 0 Å². The van der Waals surface area contributed by atoms with Crippen molar-refractivity contribution in [2.45, 2.75) is 155 Å². The van der Waals surface area contributed by atoms with Gasteiger partial charge in [0.2, 0.25) is 0 Å². The molecule has 0 radical (unpaired) electrons. The minimum absolute atomic E-state index is 1.08. The molecule has 0 aliphatic carbocycles. The zero-order chi connectivity index (χ0) is 19.0. The van der Waals surface area contributed by atoms with Gasteiger partial charge < -0.3 is 0 Å². The summed E-state index contributed by atoms with van der Waals surface area (Å²) in [6, 6.07) is 0. The van der Waals surface area contributed by atoms with Crippen molar-refractivity contribution in [2.75, 3.05) is 0 Å². The molecule has 0 heterocycles. The molecule has 0 heteroatoms. The highest BCUT2D eigenvalue weighted by atomic mass is 14.0. The number of hydrogen-bond acceptors (Lipinski definition) is 0. The molecule has 0 amide bonds. The minimum atomic E-state index is 1.08. The van der Waals surface area contributed by atoms with Crippen molar-refractivity contribution in [3.63, 3.8) is 0 Å². The number of rotatable bonds is 20. The second-order valence-corrected chi connectivity index (χ2v) is 8.22. The maximum Gasteiger partial charge on any atom is 0.00886 e. The first kappa shape index (κ1) is 25.6. The van der Waals surface area contributed by atoms with Crippen molar-refractivity contribution in [2.24, 2.45) is 0 Å². The number of unbranched alkanes of at least 4 members (excludes halogenated alkanes) is 20. The summed E-state index contributed by atoms with van der Waals surface area (Å²) < 4.78 is 0.